The normalized spacial score (nSPS) is 25.7. The zero-order valence-corrected chi connectivity index (χ0v) is 19.4. The molecule has 2 aliphatic heterocycles. The predicted molar refractivity (Wildman–Crippen MR) is 108 cm³/mol. The lowest BCUT2D eigenvalue weighted by Crippen LogP contribution is -2.46. The zero-order valence-electron chi connectivity index (χ0n) is 19.4. The maximum Gasteiger partial charge on any atom is 0.329 e. The van der Waals surface area contributed by atoms with Gasteiger partial charge in [0.25, 0.3) is 0 Å². The van der Waals surface area contributed by atoms with Crippen molar-refractivity contribution in [1.29, 1.82) is 0 Å². The molecule has 2 saturated heterocycles. The van der Waals surface area contributed by atoms with Crippen LogP contribution < -0.4 is 11.5 Å². The summed E-state index contributed by atoms with van der Waals surface area (Å²) in [5.74, 6) is -18.8. The molecule has 34 heavy (non-hydrogen) atoms. The Morgan fingerprint density at radius 1 is 0.647 bits per heavy atom. The molecule has 2 heterocycles. The summed E-state index contributed by atoms with van der Waals surface area (Å²) in [5.41, 5.74) is 11.1. The lowest BCUT2D eigenvalue weighted by atomic mass is 9.99. The Kier molecular flexibility index (Phi) is 9.37. The fraction of sp³-hybridized carbons (Fsp3) is 0.900. The van der Waals surface area contributed by atoms with Crippen LogP contribution in [0.15, 0.2) is 0 Å². The molecule has 0 aliphatic carbocycles. The average Bonchev–Trinajstić information content (AvgIpc) is 3.10. The van der Waals surface area contributed by atoms with E-state index in [1.807, 2.05) is 0 Å². The number of hydrogen-bond acceptors (Lipinski definition) is 4. The standard InChI is InChI=1S/2C10H16F4N2O/c2*1-3-6(2)7(15)8(17)16-4-9(11,12)10(13,14)5-16/h2*6-7H,3-5,15H2,1-2H3/t2*6-,7+/m11/s1. The molecule has 4 atom stereocenters. The number of halogens is 8. The van der Waals surface area contributed by atoms with E-state index in [0.29, 0.717) is 22.6 Å². The van der Waals surface area contributed by atoms with E-state index in [-0.39, 0.29) is 11.8 Å². The van der Waals surface area contributed by atoms with E-state index >= 15 is 0 Å². The van der Waals surface area contributed by atoms with Gasteiger partial charge in [0.1, 0.15) is 0 Å². The van der Waals surface area contributed by atoms with Crippen LogP contribution in [0.1, 0.15) is 40.5 Å². The molecule has 0 radical (unpaired) electrons. The summed E-state index contributed by atoms with van der Waals surface area (Å²) in [6.45, 7) is 1.87. The lowest BCUT2D eigenvalue weighted by Gasteiger charge is -2.23. The molecule has 6 nitrogen and oxygen atoms in total. The Hall–Kier alpha value is -1.70. The second kappa shape index (κ2) is 10.5. The summed E-state index contributed by atoms with van der Waals surface area (Å²) in [5, 5.41) is 0. The predicted octanol–water partition coefficient (Wildman–Crippen LogP) is 2.95. The van der Waals surface area contributed by atoms with Crippen LogP contribution >= 0.6 is 0 Å². The van der Waals surface area contributed by atoms with Gasteiger partial charge in [-0.1, -0.05) is 40.5 Å². The van der Waals surface area contributed by atoms with Gasteiger partial charge < -0.3 is 21.3 Å². The van der Waals surface area contributed by atoms with Gasteiger partial charge in [-0.05, 0) is 11.8 Å². The molecule has 0 unspecified atom stereocenters. The van der Waals surface area contributed by atoms with Gasteiger partial charge in [-0.2, -0.15) is 35.1 Å². The van der Waals surface area contributed by atoms with Crippen molar-refractivity contribution in [3.05, 3.63) is 0 Å². The van der Waals surface area contributed by atoms with Gasteiger partial charge in [0.2, 0.25) is 11.8 Å². The first kappa shape index (κ1) is 30.3. The smallest absolute Gasteiger partial charge is 0.329 e. The van der Waals surface area contributed by atoms with E-state index in [4.69, 9.17) is 11.5 Å². The Labute approximate surface area is 193 Å². The monoisotopic (exact) mass is 512 g/mol. The molecule has 14 heteroatoms. The summed E-state index contributed by atoms with van der Waals surface area (Å²) in [4.78, 5) is 24.2. The first-order valence-electron chi connectivity index (χ1n) is 10.8. The van der Waals surface area contributed by atoms with Gasteiger partial charge >= 0.3 is 23.7 Å². The Balaban J connectivity index is 0.000000340. The highest BCUT2D eigenvalue weighted by atomic mass is 19.3. The van der Waals surface area contributed by atoms with Crippen molar-refractivity contribution in [3.63, 3.8) is 0 Å². The number of nitrogens with zero attached hydrogens (tertiary/aromatic N) is 2. The van der Waals surface area contributed by atoms with Crippen LogP contribution in [0.5, 0.6) is 0 Å². The Bertz CT molecular complexity index is 645. The van der Waals surface area contributed by atoms with E-state index in [1.165, 1.54) is 0 Å². The molecule has 2 fully saturated rings. The van der Waals surface area contributed by atoms with Crippen LogP contribution in [0.25, 0.3) is 0 Å². The van der Waals surface area contributed by atoms with Crippen molar-refractivity contribution < 1.29 is 44.7 Å². The van der Waals surface area contributed by atoms with Crippen LogP contribution in [0.4, 0.5) is 35.1 Å². The number of rotatable bonds is 6. The number of amides is 2. The lowest BCUT2D eigenvalue weighted by molar-refractivity contribution is -0.172. The average molecular weight is 512 g/mol. The third kappa shape index (κ3) is 6.29. The maximum atomic E-state index is 12.9. The first-order valence-corrected chi connectivity index (χ1v) is 10.8. The molecule has 0 aromatic rings. The molecular formula is C20H32F8N4O2. The van der Waals surface area contributed by atoms with E-state index in [1.54, 1.807) is 27.7 Å². The molecule has 200 valence electrons. The molecule has 2 amide bonds. The van der Waals surface area contributed by atoms with Crippen molar-refractivity contribution in [2.45, 2.75) is 76.3 Å². The number of likely N-dealkylation sites (tertiary alicyclic amines) is 2. The van der Waals surface area contributed by atoms with Crippen LogP contribution in [0, 0.1) is 11.8 Å². The number of nitrogens with two attached hydrogens (primary N) is 2. The number of carbonyl (C=O) groups is 2. The summed E-state index contributed by atoms with van der Waals surface area (Å²) in [6, 6.07) is -2.02. The minimum absolute atomic E-state index is 0.231. The van der Waals surface area contributed by atoms with Gasteiger partial charge in [0, 0.05) is 0 Å². The van der Waals surface area contributed by atoms with Crippen molar-refractivity contribution in [3.8, 4) is 0 Å². The summed E-state index contributed by atoms with van der Waals surface area (Å²) in [6.07, 6.45) is 1.15. The topological polar surface area (TPSA) is 92.7 Å². The van der Waals surface area contributed by atoms with Crippen LogP contribution in [-0.2, 0) is 9.59 Å². The highest BCUT2D eigenvalue weighted by Gasteiger charge is 2.65. The van der Waals surface area contributed by atoms with Gasteiger partial charge in [0.05, 0.1) is 38.3 Å². The van der Waals surface area contributed by atoms with Crippen molar-refractivity contribution in [2.75, 3.05) is 26.2 Å². The summed E-state index contributed by atoms with van der Waals surface area (Å²) in [7, 11) is 0. The van der Waals surface area contributed by atoms with E-state index < -0.39 is 73.8 Å². The fourth-order valence-electron chi connectivity index (χ4n) is 3.26. The second-order valence-corrected chi connectivity index (χ2v) is 9.03. The van der Waals surface area contributed by atoms with E-state index in [2.05, 4.69) is 0 Å². The van der Waals surface area contributed by atoms with Crippen LogP contribution in [0.3, 0.4) is 0 Å². The number of hydrogen-bond donors (Lipinski definition) is 2. The molecule has 0 aromatic carbocycles. The minimum atomic E-state index is -4.17. The highest BCUT2D eigenvalue weighted by Crippen LogP contribution is 2.42. The molecule has 2 rings (SSSR count). The quantitative estimate of drug-likeness (QED) is 0.536. The van der Waals surface area contributed by atoms with E-state index in [9.17, 15) is 44.7 Å². The molecular weight excluding hydrogens is 480 g/mol. The fourth-order valence-corrected chi connectivity index (χ4v) is 3.26. The van der Waals surface area contributed by atoms with Gasteiger partial charge in [-0.3, -0.25) is 9.59 Å². The van der Waals surface area contributed by atoms with Crippen LogP contribution in [0.2, 0.25) is 0 Å². The molecule has 4 N–H and O–H groups in total. The third-order valence-corrected chi connectivity index (χ3v) is 6.34. The van der Waals surface area contributed by atoms with E-state index in [0.717, 1.165) is 0 Å². The van der Waals surface area contributed by atoms with Gasteiger partial charge in [-0.25, -0.2) is 0 Å². The molecule has 0 spiro atoms. The third-order valence-electron chi connectivity index (χ3n) is 6.34. The first-order chi connectivity index (χ1) is 15.2. The molecule has 2 aliphatic rings. The van der Waals surface area contributed by atoms with Crippen molar-refractivity contribution in [1.82, 2.24) is 9.80 Å². The molecule has 0 bridgehead atoms. The SMILES string of the molecule is CC[C@@H](C)[C@H](N)C(=O)N1CC(F)(F)C(F)(F)C1.CC[C@@H](C)[C@H](N)C(=O)N1CC(F)(F)C(F)(F)C1. The maximum absolute atomic E-state index is 12.9. The largest absolute Gasteiger partial charge is 0.329 e. The van der Waals surface area contributed by atoms with Gasteiger partial charge in [-0.15, -0.1) is 0 Å². The minimum Gasteiger partial charge on any atom is -0.329 e. The van der Waals surface area contributed by atoms with Gasteiger partial charge in [0.15, 0.2) is 0 Å². The van der Waals surface area contributed by atoms with Crippen LogP contribution in [-0.4, -0.2) is 83.6 Å². The highest BCUT2D eigenvalue weighted by molar-refractivity contribution is 5.83. The van der Waals surface area contributed by atoms with Crippen molar-refractivity contribution in [2.24, 2.45) is 23.3 Å². The Morgan fingerprint density at radius 3 is 1.03 bits per heavy atom. The van der Waals surface area contributed by atoms with Crippen molar-refractivity contribution >= 4 is 11.8 Å². The number of alkyl halides is 8. The number of carbonyl (C=O) groups excluding carboxylic acids is 2. The zero-order chi connectivity index (χ0) is 26.9. The summed E-state index contributed by atoms with van der Waals surface area (Å²) >= 11 is 0. The molecule has 0 saturated carbocycles. The Morgan fingerprint density at radius 2 is 0.853 bits per heavy atom. The molecule has 0 aromatic heterocycles. The summed E-state index contributed by atoms with van der Waals surface area (Å²) < 4.78 is 103. The second-order valence-electron chi connectivity index (χ2n) is 9.03.